The Morgan fingerprint density at radius 3 is 2.42 bits per heavy atom. The summed E-state index contributed by atoms with van der Waals surface area (Å²) in [6, 6.07) is 17.1. The smallest absolute Gasteiger partial charge is 0.276 e. The van der Waals surface area contributed by atoms with Crippen LogP contribution in [0.2, 0.25) is 0 Å². The molecule has 0 bridgehead atoms. The van der Waals surface area contributed by atoms with Gasteiger partial charge in [0.05, 0.1) is 5.69 Å². The number of rotatable bonds is 4. The van der Waals surface area contributed by atoms with Crippen molar-refractivity contribution in [2.45, 2.75) is 32.6 Å². The number of piperidine rings is 1. The summed E-state index contributed by atoms with van der Waals surface area (Å²) in [5.74, 6) is 0.216. The first kappa shape index (κ1) is 19.4. The lowest BCUT2D eigenvalue weighted by molar-refractivity contribution is 0.475. The first-order valence-corrected chi connectivity index (χ1v) is 10.8. The normalized spacial score (nSPS) is 14.3. The fourth-order valence-corrected chi connectivity index (χ4v) is 4.45. The summed E-state index contributed by atoms with van der Waals surface area (Å²) >= 11 is 0. The average Bonchev–Trinajstić information content (AvgIpc) is 3.18. The van der Waals surface area contributed by atoms with Crippen LogP contribution in [-0.4, -0.2) is 32.8 Å². The average molecular weight is 415 g/mol. The summed E-state index contributed by atoms with van der Waals surface area (Å²) in [4.78, 5) is 20.8. The third-order valence-electron chi connectivity index (χ3n) is 6.11. The lowest BCUT2D eigenvalue weighted by Crippen LogP contribution is -2.30. The van der Waals surface area contributed by atoms with E-state index in [0.717, 1.165) is 54.1 Å². The van der Waals surface area contributed by atoms with Crippen molar-refractivity contribution in [1.29, 1.82) is 0 Å². The molecule has 0 radical (unpaired) electrons. The van der Waals surface area contributed by atoms with Crippen molar-refractivity contribution >= 4 is 11.3 Å². The fraction of sp³-hybridized carbons (Fsp3) is 0.280. The van der Waals surface area contributed by atoms with Crippen molar-refractivity contribution in [2.75, 3.05) is 18.0 Å². The highest BCUT2D eigenvalue weighted by atomic mass is 16.3. The Labute approximate surface area is 180 Å². The van der Waals surface area contributed by atoms with E-state index in [-0.39, 0.29) is 11.3 Å². The molecule has 0 unspecified atom stereocenters. The van der Waals surface area contributed by atoms with Gasteiger partial charge < -0.3 is 10.0 Å². The van der Waals surface area contributed by atoms with E-state index in [1.165, 1.54) is 6.42 Å². The number of nitrogens with zero attached hydrogens (tertiary/aromatic N) is 3. The molecule has 6 heteroatoms. The highest BCUT2D eigenvalue weighted by Crippen LogP contribution is 2.34. The maximum Gasteiger partial charge on any atom is 0.276 e. The molecule has 158 valence electrons. The van der Waals surface area contributed by atoms with Crippen LogP contribution < -0.4 is 10.5 Å². The van der Waals surface area contributed by atoms with Gasteiger partial charge in [-0.25, -0.2) is 4.98 Å². The molecule has 0 aliphatic carbocycles. The van der Waals surface area contributed by atoms with E-state index in [9.17, 15) is 9.90 Å². The Kier molecular flexibility index (Phi) is 4.98. The number of benzene rings is 2. The van der Waals surface area contributed by atoms with Crippen molar-refractivity contribution in [2.24, 2.45) is 0 Å². The van der Waals surface area contributed by atoms with Crippen molar-refractivity contribution in [1.82, 2.24) is 14.6 Å². The number of H-pyrrole nitrogens is 1. The number of aromatic amines is 1. The largest absolute Gasteiger partial charge is 0.508 e. The van der Waals surface area contributed by atoms with Gasteiger partial charge in [0.25, 0.3) is 5.56 Å². The van der Waals surface area contributed by atoms with Crippen LogP contribution in [0.1, 0.15) is 36.1 Å². The molecule has 1 saturated heterocycles. The van der Waals surface area contributed by atoms with E-state index in [1.54, 1.807) is 16.6 Å². The summed E-state index contributed by atoms with van der Waals surface area (Å²) in [6.07, 6.45) is 4.00. The first-order valence-electron chi connectivity index (χ1n) is 10.8. The fourth-order valence-electron chi connectivity index (χ4n) is 4.45. The second-order valence-corrected chi connectivity index (χ2v) is 8.23. The second kappa shape index (κ2) is 7.95. The number of aryl methyl sites for hydroxylation is 1. The van der Waals surface area contributed by atoms with Gasteiger partial charge >= 0.3 is 0 Å². The summed E-state index contributed by atoms with van der Waals surface area (Å²) in [5.41, 5.74) is 5.99. The molecule has 2 aromatic heterocycles. The Balaban J connectivity index is 1.69. The highest BCUT2D eigenvalue weighted by molar-refractivity contribution is 5.86. The second-order valence-electron chi connectivity index (χ2n) is 8.23. The molecule has 0 atom stereocenters. The molecule has 1 fully saturated rings. The van der Waals surface area contributed by atoms with Gasteiger partial charge in [0, 0.05) is 36.3 Å². The first-order chi connectivity index (χ1) is 15.1. The molecular formula is C25H26N4O2. The van der Waals surface area contributed by atoms with Crippen LogP contribution in [-0.2, 0) is 6.42 Å². The van der Waals surface area contributed by atoms with Gasteiger partial charge in [0.15, 0.2) is 5.65 Å². The van der Waals surface area contributed by atoms with Crippen LogP contribution >= 0.6 is 0 Å². The van der Waals surface area contributed by atoms with Gasteiger partial charge in [-0.15, -0.1) is 0 Å². The number of hydrogen-bond donors (Lipinski definition) is 2. The van der Waals surface area contributed by atoms with Crippen LogP contribution in [0, 0.1) is 6.92 Å². The number of phenolic OH excluding ortho intramolecular Hbond substituents is 1. The SMILES string of the molecule is Cc1nc2c(N3CCCCC3)c(-c3ccccc3)[nH]n2c(=O)c1Cc1ccc(O)cc1. The molecule has 4 aromatic rings. The molecule has 0 spiro atoms. The summed E-state index contributed by atoms with van der Waals surface area (Å²) in [7, 11) is 0. The van der Waals surface area contributed by atoms with Gasteiger partial charge in [0.2, 0.25) is 0 Å². The molecule has 2 N–H and O–H groups in total. The van der Waals surface area contributed by atoms with E-state index < -0.39 is 0 Å². The predicted octanol–water partition coefficient (Wildman–Crippen LogP) is 4.28. The summed E-state index contributed by atoms with van der Waals surface area (Å²) in [6.45, 7) is 3.85. The minimum Gasteiger partial charge on any atom is -0.508 e. The van der Waals surface area contributed by atoms with Crippen molar-refractivity contribution < 1.29 is 5.11 Å². The Hall–Kier alpha value is -3.54. The zero-order valence-electron chi connectivity index (χ0n) is 17.6. The van der Waals surface area contributed by atoms with E-state index in [4.69, 9.17) is 4.98 Å². The number of nitrogens with one attached hydrogen (secondary N) is 1. The quantitative estimate of drug-likeness (QED) is 0.523. The van der Waals surface area contributed by atoms with Crippen molar-refractivity contribution in [3.8, 4) is 17.0 Å². The van der Waals surface area contributed by atoms with Crippen molar-refractivity contribution in [3.63, 3.8) is 0 Å². The molecule has 3 heterocycles. The molecule has 5 rings (SSSR count). The molecular weight excluding hydrogens is 388 g/mol. The monoisotopic (exact) mass is 414 g/mol. The number of aromatic hydroxyl groups is 1. The highest BCUT2D eigenvalue weighted by Gasteiger charge is 2.24. The third-order valence-corrected chi connectivity index (χ3v) is 6.11. The van der Waals surface area contributed by atoms with Gasteiger partial charge in [0.1, 0.15) is 11.4 Å². The van der Waals surface area contributed by atoms with Crippen LogP contribution in [0.3, 0.4) is 0 Å². The number of hydrogen-bond acceptors (Lipinski definition) is 4. The summed E-state index contributed by atoms with van der Waals surface area (Å²) < 4.78 is 1.61. The number of phenols is 1. The van der Waals surface area contributed by atoms with Crippen LogP contribution in [0.25, 0.3) is 16.9 Å². The van der Waals surface area contributed by atoms with Crippen LogP contribution in [0.15, 0.2) is 59.4 Å². The lowest BCUT2D eigenvalue weighted by atomic mass is 10.0. The van der Waals surface area contributed by atoms with Crippen LogP contribution in [0.4, 0.5) is 5.69 Å². The van der Waals surface area contributed by atoms with Gasteiger partial charge in [-0.2, -0.15) is 4.52 Å². The molecule has 0 amide bonds. The minimum atomic E-state index is -0.0731. The number of fused-ring (bicyclic) bond motifs is 1. The molecule has 1 aliphatic rings. The zero-order valence-corrected chi connectivity index (χ0v) is 17.6. The topological polar surface area (TPSA) is 73.6 Å². The molecule has 31 heavy (non-hydrogen) atoms. The molecule has 0 saturated carbocycles. The van der Waals surface area contributed by atoms with Crippen molar-refractivity contribution in [3.05, 3.63) is 81.8 Å². The van der Waals surface area contributed by atoms with Gasteiger partial charge in [-0.1, -0.05) is 42.5 Å². The lowest BCUT2D eigenvalue weighted by Gasteiger charge is -2.28. The number of anilines is 1. The van der Waals surface area contributed by atoms with Gasteiger partial charge in [-0.3, -0.25) is 9.89 Å². The standard InChI is InChI=1S/C25H26N4O2/c1-17-21(16-18-10-12-20(30)13-11-18)25(31)29-24(26-17)23(28-14-6-3-7-15-28)22(27-29)19-8-4-2-5-9-19/h2,4-5,8-13,27,30H,3,6-7,14-16H2,1H3. The van der Waals surface area contributed by atoms with E-state index >= 15 is 0 Å². The van der Waals surface area contributed by atoms with Gasteiger partial charge in [-0.05, 0) is 43.9 Å². The third kappa shape index (κ3) is 3.58. The Morgan fingerprint density at radius 2 is 1.71 bits per heavy atom. The van der Waals surface area contributed by atoms with E-state index in [2.05, 4.69) is 22.1 Å². The van der Waals surface area contributed by atoms with E-state index in [0.29, 0.717) is 17.6 Å². The maximum atomic E-state index is 13.5. The zero-order chi connectivity index (χ0) is 21.4. The Morgan fingerprint density at radius 1 is 1.00 bits per heavy atom. The summed E-state index contributed by atoms with van der Waals surface area (Å²) in [5, 5.41) is 12.9. The number of aromatic nitrogens is 3. The molecule has 1 aliphatic heterocycles. The minimum absolute atomic E-state index is 0.0731. The predicted molar refractivity (Wildman–Crippen MR) is 123 cm³/mol. The maximum absolute atomic E-state index is 13.5. The van der Waals surface area contributed by atoms with E-state index in [1.807, 2.05) is 37.3 Å². The van der Waals surface area contributed by atoms with Crippen LogP contribution in [0.5, 0.6) is 5.75 Å². The molecule has 2 aromatic carbocycles. The Bertz CT molecular complexity index is 1270. The molecule has 6 nitrogen and oxygen atoms in total.